The van der Waals surface area contributed by atoms with Crippen LogP contribution in [-0.2, 0) is 6.61 Å². The molecule has 0 unspecified atom stereocenters. The van der Waals surface area contributed by atoms with Crippen LogP contribution in [0.3, 0.4) is 0 Å². The van der Waals surface area contributed by atoms with E-state index in [2.05, 4.69) is 4.98 Å². The van der Waals surface area contributed by atoms with Crippen LogP contribution in [0.5, 0.6) is 0 Å². The minimum absolute atomic E-state index is 0.267. The zero-order valence-electron chi connectivity index (χ0n) is 12.1. The van der Waals surface area contributed by atoms with E-state index in [0.29, 0.717) is 21.8 Å². The van der Waals surface area contributed by atoms with Crippen molar-refractivity contribution in [3.63, 3.8) is 0 Å². The number of imidazole rings is 1. The van der Waals surface area contributed by atoms with Gasteiger partial charge in [-0.2, -0.15) is 0 Å². The summed E-state index contributed by atoms with van der Waals surface area (Å²) in [4.78, 5) is 43.7. The number of aromatic amines is 2. The molecule has 118 valence electrons. The van der Waals surface area contributed by atoms with E-state index in [1.165, 1.54) is 4.68 Å². The standard InChI is InChI=1S/C14H13N5O4/c1-8-10(7-20)18(11(15-8)9-5-3-2-4-6-9)19-13(22)16-12(21)17-14(19)23/h2-6,20H,7H2,1H3,(H2,16,17,21,22,23). The molecule has 3 N–H and O–H groups in total. The molecule has 0 spiro atoms. The molecule has 2 aromatic heterocycles. The third-order valence-corrected chi connectivity index (χ3v) is 3.35. The van der Waals surface area contributed by atoms with Crippen LogP contribution in [-0.4, -0.2) is 29.4 Å². The number of nitrogens with zero attached hydrogens (tertiary/aromatic N) is 3. The van der Waals surface area contributed by atoms with Crippen LogP contribution in [0.25, 0.3) is 11.4 Å². The van der Waals surface area contributed by atoms with Gasteiger partial charge in [-0.1, -0.05) is 30.3 Å². The molecular weight excluding hydrogens is 302 g/mol. The predicted molar refractivity (Wildman–Crippen MR) is 81.1 cm³/mol. The third kappa shape index (κ3) is 2.42. The first-order valence-corrected chi connectivity index (χ1v) is 6.73. The summed E-state index contributed by atoms with van der Waals surface area (Å²) in [6.07, 6.45) is 0. The Hall–Kier alpha value is -3.20. The van der Waals surface area contributed by atoms with E-state index in [-0.39, 0.29) is 5.69 Å². The minimum Gasteiger partial charge on any atom is -0.390 e. The molecule has 0 amide bonds. The number of aliphatic hydroxyl groups is 1. The van der Waals surface area contributed by atoms with Gasteiger partial charge >= 0.3 is 17.1 Å². The van der Waals surface area contributed by atoms with Gasteiger partial charge in [0.15, 0.2) is 5.82 Å². The molecule has 0 radical (unpaired) electrons. The van der Waals surface area contributed by atoms with Gasteiger partial charge in [-0.3, -0.25) is 9.97 Å². The van der Waals surface area contributed by atoms with Crippen molar-refractivity contribution in [1.29, 1.82) is 0 Å². The van der Waals surface area contributed by atoms with E-state index in [1.54, 1.807) is 31.2 Å². The second-order valence-corrected chi connectivity index (χ2v) is 4.80. The molecule has 9 nitrogen and oxygen atoms in total. The molecule has 0 atom stereocenters. The predicted octanol–water partition coefficient (Wildman–Crippen LogP) is -0.799. The number of benzene rings is 1. The Balaban J connectivity index is 2.43. The maximum atomic E-state index is 12.1. The highest BCUT2D eigenvalue weighted by molar-refractivity contribution is 5.56. The highest BCUT2D eigenvalue weighted by atomic mass is 16.3. The summed E-state index contributed by atoms with van der Waals surface area (Å²) < 4.78 is 1.89. The lowest BCUT2D eigenvalue weighted by Gasteiger charge is -2.11. The number of hydrogen-bond acceptors (Lipinski definition) is 5. The number of hydrogen-bond donors (Lipinski definition) is 3. The molecule has 0 aliphatic carbocycles. The first-order chi connectivity index (χ1) is 11.0. The lowest BCUT2D eigenvalue weighted by Crippen LogP contribution is -2.46. The second kappa shape index (κ2) is 5.54. The van der Waals surface area contributed by atoms with Gasteiger partial charge in [-0.25, -0.2) is 24.0 Å². The largest absolute Gasteiger partial charge is 0.390 e. The maximum absolute atomic E-state index is 12.1. The minimum atomic E-state index is -0.928. The van der Waals surface area contributed by atoms with Gasteiger partial charge in [0.2, 0.25) is 0 Å². The Kier molecular flexibility index (Phi) is 3.54. The van der Waals surface area contributed by atoms with Gasteiger partial charge in [0, 0.05) is 5.56 Å². The molecule has 0 aliphatic heterocycles. The SMILES string of the molecule is Cc1nc(-c2ccccc2)n(-n2c(=O)[nH]c(=O)[nH]c2=O)c1CO. The molecule has 0 bridgehead atoms. The van der Waals surface area contributed by atoms with Crippen molar-refractivity contribution in [3.8, 4) is 11.4 Å². The Bertz CT molecular complexity index is 992. The van der Waals surface area contributed by atoms with Crippen molar-refractivity contribution in [1.82, 2.24) is 24.3 Å². The van der Waals surface area contributed by atoms with Crippen LogP contribution in [0, 0.1) is 6.92 Å². The molecule has 3 aromatic rings. The Labute approximate surface area is 128 Å². The lowest BCUT2D eigenvalue weighted by atomic mass is 10.2. The highest BCUT2D eigenvalue weighted by Crippen LogP contribution is 2.21. The first kappa shape index (κ1) is 14.7. The molecule has 1 aromatic carbocycles. The zero-order valence-corrected chi connectivity index (χ0v) is 12.1. The van der Waals surface area contributed by atoms with E-state index in [9.17, 15) is 19.5 Å². The monoisotopic (exact) mass is 315 g/mol. The normalized spacial score (nSPS) is 10.9. The van der Waals surface area contributed by atoms with Gasteiger partial charge in [0.25, 0.3) is 0 Å². The van der Waals surface area contributed by atoms with Crippen molar-refractivity contribution >= 4 is 0 Å². The molecule has 0 saturated carbocycles. The Morgan fingerprint density at radius 3 is 2.22 bits per heavy atom. The van der Waals surface area contributed by atoms with Gasteiger partial charge in [0.1, 0.15) is 0 Å². The Morgan fingerprint density at radius 1 is 1.04 bits per heavy atom. The molecule has 2 heterocycles. The van der Waals surface area contributed by atoms with Crippen molar-refractivity contribution in [2.24, 2.45) is 0 Å². The van der Waals surface area contributed by atoms with Crippen molar-refractivity contribution in [3.05, 3.63) is 73.2 Å². The second-order valence-electron chi connectivity index (χ2n) is 4.80. The summed E-state index contributed by atoms with van der Waals surface area (Å²) in [5, 5.41) is 9.60. The molecule has 3 rings (SSSR count). The summed E-state index contributed by atoms with van der Waals surface area (Å²) in [5.74, 6) is 0.298. The number of nitrogens with one attached hydrogen (secondary N) is 2. The van der Waals surface area contributed by atoms with E-state index in [4.69, 9.17) is 0 Å². The number of aliphatic hydroxyl groups excluding tert-OH is 1. The average molecular weight is 315 g/mol. The quantitative estimate of drug-likeness (QED) is 0.583. The fraction of sp³-hybridized carbons (Fsp3) is 0.143. The third-order valence-electron chi connectivity index (χ3n) is 3.35. The maximum Gasteiger partial charge on any atom is 0.353 e. The van der Waals surface area contributed by atoms with E-state index >= 15 is 0 Å². The fourth-order valence-electron chi connectivity index (χ4n) is 2.33. The first-order valence-electron chi connectivity index (χ1n) is 6.73. The van der Waals surface area contributed by atoms with Gasteiger partial charge in [0.05, 0.1) is 18.0 Å². The number of aromatic nitrogens is 5. The van der Waals surface area contributed by atoms with Crippen molar-refractivity contribution < 1.29 is 5.11 Å². The van der Waals surface area contributed by atoms with Crippen LogP contribution < -0.4 is 17.1 Å². The molecule has 0 fully saturated rings. The van der Waals surface area contributed by atoms with E-state index < -0.39 is 23.7 Å². The van der Waals surface area contributed by atoms with E-state index in [1.807, 2.05) is 16.0 Å². The van der Waals surface area contributed by atoms with Crippen LogP contribution in [0.1, 0.15) is 11.4 Å². The van der Waals surface area contributed by atoms with E-state index in [0.717, 1.165) is 0 Å². The lowest BCUT2D eigenvalue weighted by molar-refractivity contribution is 0.266. The summed E-state index contributed by atoms with van der Waals surface area (Å²) >= 11 is 0. The van der Waals surface area contributed by atoms with Gasteiger partial charge < -0.3 is 5.11 Å². The molecule has 0 saturated heterocycles. The topological polar surface area (TPSA) is 126 Å². The summed E-state index contributed by atoms with van der Waals surface area (Å²) in [6, 6.07) is 8.88. The van der Waals surface area contributed by atoms with Crippen LogP contribution in [0.2, 0.25) is 0 Å². The summed E-state index contributed by atoms with van der Waals surface area (Å²) in [6.45, 7) is 1.22. The van der Waals surface area contributed by atoms with Crippen LogP contribution in [0.15, 0.2) is 44.7 Å². The van der Waals surface area contributed by atoms with Gasteiger partial charge in [-0.05, 0) is 6.92 Å². The van der Waals surface area contributed by atoms with Crippen molar-refractivity contribution in [2.45, 2.75) is 13.5 Å². The Morgan fingerprint density at radius 2 is 1.65 bits per heavy atom. The number of rotatable bonds is 3. The number of H-pyrrole nitrogens is 2. The smallest absolute Gasteiger partial charge is 0.353 e. The molecular formula is C14H13N5O4. The summed E-state index contributed by atoms with van der Waals surface area (Å²) in [7, 11) is 0. The average Bonchev–Trinajstić information content (AvgIpc) is 2.84. The summed E-state index contributed by atoms with van der Waals surface area (Å²) in [5.41, 5.74) is -1.38. The fourth-order valence-corrected chi connectivity index (χ4v) is 2.33. The van der Waals surface area contributed by atoms with Crippen molar-refractivity contribution in [2.75, 3.05) is 0 Å². The number of aryl methyl sites for hydroxylation is 1. The van der Waals surface area contributed by atoms with Gasteiger partial charge in [-0.15, -0.1) is 4.68 Å². The zero-order chi connectivity index (χ0) is 16.6. The van der Waals surface area contributed by atoms with Crippen LogP contribution in [0.4, 0.5) is 0 Å². The highest BCUT2D eigenvalue weighted by Gasteiger charge is 2.19. The molecule has 0 aliphatic rings. The molecule has 23 heavy (non-hydrogen) atoms. The molecule has 9 heteroatoms. The van der Waals surface area contributed by atoms with Crippen LogP contribution >= 0.6 is 0 Å².